The molecule has 4 heterocycles. The molecule has 5 rings (SSSR count). The highest BCUT2D eigenvalue weighted by Gasteiger charge is 2.25. The molecule has 1 N–H and O–H groups in total. The number of anilines is 2. The molecule has 1 aliphatic rings. The minimum absolute atomic E-state index is 0.158. The lowest BCUT2D eigenvalue weighted by Crippen LogP contribution is -2.38. The van der Waals surface area contributed by atoms with E-state index in [-0.39, 0.29) is 17.0 Å². The highest BCUT2D eigenvalue weighted by atomic mass is 32.1. The van der Waals surface area contributed by atoms with E-state index >= 15 is 4.39 Å². The molecule has 3 aromatic heterocycles. The first kappa shape index (κ1) is 24.9. The van der Waals surface area contributed by atoms with Crippen LogP contribution in [0, 0.1) is 12.7 Å². The monoisotopic (exact) mass is 525 g/mol. The van der Waals surface area contributed by atoms with E-state index in [1.165, 1.54) is 47.0 Å². The van der Waals surface area contributed by atoms with Crippen LogP contribution in [0.2, 0.25) is 0 Å². The van der Waals surface area contributed by atoms with Crippen LogP contribution in [-0.2, 0) is 18.9 Å². The van der Waals surface area contributed by atoms with Crippen molar-refractivity contribution in [3.63, 3.8) is 0 Å². The normalized spacial score (nSPS) is 16.5. The second-order valence-electron chi connectivity index (χ2n) is 9.47. The number of halogens is 1. The lowest BCUT2D eigenvalue weighted by Gasteiger charge is -2.24. The Morgan fingerprint density at radius 1 is 1.24 bits per heavy atom. The van der Waals surface area contributed by atoms with Gasteiger partial charge in [0.2, 0.25) is 5.91 Å². The number of rotatable bonds is 5. The van der Waals surface area contributed by atoms with Crippen LogP contribution in [0.15, 0.2) is 34.1 Å². The van der Waals surface area contributed by atoms with E-state index in [4.69, 9.17) is 0 Å². The fourth-order valence-corrected chi connectivity index (χ4v) is 5.73. The molecule has 0 aliphatic carbocycles. The molecule has 0 radical (unpaired) electrons. The van der Waals surface area contributed by atoms with Crippen LogP contribution < -0.4 is 21.5 Å². The Labute approximate surface area is 216 Å². The van der Waals surface area contributed by atoms with Gasteiger partial charge in [0.05, 0.1) is 17.7 Å². The van der Waals surface area contributed by atoms with Crippen molar-refractivity contribution in [2.45, 2.75) is 45.7 Å². The highest BCUT2D eigenvalue weighted by molar-refractivity contribution is 7.16. The Kier molecular flexibility index (Phi) is 6.22. The topological polar surface area (TPSA) is 107 Å². The second kappa shape index (κ2) is 9.25. The number of hydrogen-bond acceptors (Lipinski definition) is 7. The van der Waals surface area contributed by atoms with Crippen LogP contribution >= 0.6 is 11.3 Å². The van der Waals surface area contributed by atoms with Gasteiger partial charge in [-0.1, -0.05) is 6.07 Å². The number of aromatic nitrogens is 5. The summed E-state index contributed by atoms with van der Waals surface area (Å²) >= 11 is 1.29. The first-order valence-corrected chi connectivity index (χ1v) is 12.9. The Morgan fingerprint density at radius 3 is 2.68 bits per heavy atom. The maximum absolute atomic E-state index is 15.0. The molecule has 1 fully saturated rings. The van der Waals surface area contributed by atoms with Crippen molar-refractivity contribution in [2.75, 3.05) is 16.8 Å². The van der Waals surface area contributed by atoms with Crippen molar-refractivity contribution >= 4 is 39.2 Å². The fraction of sp³-hybridized carbons (Fsp3) is 0.400. The van der Waals surface area contributed by atoms with Gasteiger partial charge >= 0.3 is 5.69 Å². The summed E-state index contributed by atoms with van der Waals surface area (Å²) in [5.41, 5.74) is 1.17. The number of amides is 1. The summed E-state index contributed by atoms with van der Waals surface area (Å²) in [6.07, 6.45) is 3.48. The molecule has 1 amide bonds. The number of imidazole rings is 1. The molecule has 10 nitrogen and oxygen atoms in total. The third-order valence-electron chi connectivity index (χ3n) is 7.08. The predicted molar refractivity (Wildman–Crippen MR) is 142 cm³/mol. The number of carbonyl (C=O) groups excluding carboxylic acids is 1. The number of fused-ring (bicyclic) bond motifs is 1. The molecule has 37 heavy (non-hydrogen) atoms. The van der Waals surface area contributed by atoms with Crippen LogP contribution in [0.5, 0.6) is 0 Å². The number of benzene rings is 1. The van der Waals surface area contributed by atoms with Crippen molar-refractivity contribution in [3.05, 3.63) is 56.1 Å². The smallest absolute Gasteiger partial charge is 0.332 e. The lowest BCUT2D eigenvalue weighted by atomic mass is 10.1. The Bertz CT molecular complexity index is 1650. The van der Waals surface area contributed by atoms with Crippen LogP contribution in [0.4, 0.5) is 15.2 Å². The molecule has 1 aliphatic heterocycles. The van der Waals surface area contributed by atoms with Crippen molar-refractivity contribution in [3.8, 4) is 11.3 Å². The molecule has 12 heteroatoms. The fourth-order valence-electron chi connectivity index (χ4n) is 4.89. The molecule has 0 saturated carbocycles. The van der Waals surface area contributed by atoms with Gasteiger partial charge in [-0.15, -0.1) is 11.3 Å². The van der Waals surface area contributed by atoms with E-state index in [1.54, 1.807) is 13.0 Å². The van der Waals surface area contributed by atoms with Crippen molar-refractivity contribution < 1.29 is 9.18 Å². The van der Waals surface area contributed by atoms with Crippen molar-refractivity contribution in [1.82, 2.24) is 23.7 Å². The molecular weight excluding hydrogens is 497 g/mol. The number of carbonyl (C=O) groups is 1. The maximum Gasteiger partial charge on any atom is 0.332 e. The summed E-state index contributed by atoms with van der Waals surface area (Å²) in [5, 5.41) is 3.17. The van der Waals surface area contributed by atoms with Crippen LogP contribution in [0.3, 0.4) is 0 Å². The lowest BCUT2D eigenvalue weighted by molar-refractivity contribution is -0.118. The number of aryl methyl sites for hydroxylation is 2. The number of hydrogen-bond donors (Lipinski definition) is 1. The van der Waals surface area contributed by atoms with E-state index in [0.29, 0.717) is 28.1 Å². The molecule has 1 saturated heterocycles. The van der Waals surface area contributed by atoms with E-state index in [0.717, 1.165) is 28.8 Å². The van der Waals surface area contributed by atoms with Gasteiger partial charge in [-0.3, -0.25) is 18.7 Å². The van der Waals surface area contributed by atoms with Crippen LogP contribution in [0.25, 0.3) is 22.4 Å². The summed E-state index contributed by atoms with van der Waals surface area (Å²) in [6.45, 7) is 6.45. The summed E-state index contributed by atoms with van der Waals surface area (Å²) in [6, 6.07) is 4.65. The minimum Gasteiger partial charge on any atom is -0.366 e. The summed E-state index contributed by atoms with van der Waals surface area (Å²) in [7, 11) is 2.90. The number of nitrogens with one attached hydrogen (secondary N) is 1. The SMILES string of the molecule is Cc1sc(NC(=O)C(C)n2cnc3c2c(=O)n(C)c(=O)n3C)nc1-c1ccc(N2CCC[C@@H]2C)c(F)c1. The minimum atomic E-state index is -0.804. The van der Waals surface area contributed by atoms with Crippen LogP contribution in [0.1, 0.15) is 37.6 Å². The number of nitrogens with zero attached hydrogens (tertiary/aromatic N) is 6. The van der Waals surface area contributed by atoms with Gasteiger partial charge < -0.3 is 14.8 Å². The Hall–Kier alpha value is -3.80. The van der Waals surface area contributed by atoms with Gasteiger partial charge in [0.25, 0.3) is 5.56 Å². The Balaban J connectivity index is 1.40. The van der Waals surface area contributed by atoms with Gasteiger partial charge in [-0.05, 0) is 45.7 Å². The standard InChI is InChI=1S/C25H28FN7O3S/c1-13-7-6-10-32(13)18-9-8-16(11-17(18)26)19-15(3)37-24(28-19)29-22(34)14(2)33-12-27-21-20(33)23(35)31(5)25(36)30(21)4/h8-9,11-14H,6-7,10H2,1-5H3,(H,28,29,34)/t13-,14?/m0/s1. The molecule has 0 spiro atoms. The van der Waals surface area contributed by atoms with E-state index in [9.17, 15) is 14.4 Å². The maximum atomic E-state index is 15.0. The largest absolute Gasteiger partial charge is 0.366 e. The zero-order valence-corrected chi connectivity index (χ0v) is 22.1. The Morgan fingerprint density at radius 2 is 2.00 bits per heavy atom. The summed E-state index contributed by atoms with van der Waals surface area (Å²) < 4.78 is 18.7. The van der Waals surface area contributed by atoms with E-state index in [2.05, 4.69) is 27.1 Å². The van der Waals surface area contributed by atoms with Crippen molar-refractivity contribution in [2.24, 2.45) is 14.1 Å². The zero-order valence-electron chi connectivity index (χ0n) is 21.3. The molecule has 2 atom stereocenters. The second-order valence-corrected chi connectivity index (χ2v) is 10.7. The molecule has 4 aromatic rings. The van der Waals surface area contributed by atoms with Gasteiger partial charge in [0, 0.05) is 37.1 Å². The molecule has 1 unspecified atom stereocenters. The first-order chi connectivity index (χ1) is 17.6. The van der Waals surface area contributed by atoms with E-state index < -0.39 is 23.2 Å². The third-order valence-corrected chi connectivity index (χ3v) is 7.97. The molecular formula is C25H28FN7O3S. The molecule has 0 bridgehead atoms. The average Bonchev–Trinajstić information content (AvgIpc) is 3.59. The van der Waals surface area contributed by atoms with Crippen molar-refractivity contribution in [1.29, 1.82) is 0 Å². The molecule has 1 aromatic carbocycles. The van der Waals surface area contributed by atoms with Gasteiger partial charge in [0.15, 0.2) is 16.3 Å². The van der Waals surface area contributed by atoms with Gasteiger partial charge in [-0.25, -0.2) is 19.2 Å². The summed E-state index contributed by atoms with van der Waals surface area (Å²) in [5.74, 6) is -0.694. The quantitative estimate of drug-likeness (QED) is 0.429. The molecule has 194 valence electrons. The summed E-state index contributed by atoms with van der Waals surface area (Å²) in [4.78, 5) is 49.7. The third kappa shape index (κ3) is 4.14. The van der Waals surface area contributed by atoms with E-state index in [1.807, 2.05) is 13.0 Å². The predicted octanol–water partition coefficient (Wildman–Crippen LogP) is 3.19. The zero-order chi connectivity index (χ0) is 26.6. The average molecular weight is 526 g/mol. The highest BCUT2D eigenvalue weighted by Crippen LogP contribution is 2.35. The van der Waals surface area contributed by atoms with Crippen LogP contribution in [-0.4, -0.2) is 42.2 Å². The number of thiazole rings is 1. The van der Waals surface area contributed by atoms with Gasteiger partial charge in [0.1, 0.15) is 11.9 Å². The van der Waals surface area contributed by atoms with Gasteiger partial charge in [-0.2, -0.15) is 0 Å². The first-order valence-electron chi connectivity index (χ1n) is 12.1.